The fourth-order valence-corrected chi connectivity index (χ4v) is 4.07. The number of benzene rings is 2. The van der Waals surface area contributed by atoms with E-state index in [4.69, 9.17) is 0 Å². The topological polar surface area (TPSA) is 78.5 Å². The fraction of sp³-hybridized carbons (Fsp3) is 0.348. The van der Waals surface area contributed by atoms with Gasteiger partial charge in [-0.05, 0) is 48.7 Å². The summed E-state index contributed by atoms with van der Waals surface area (Å²) in [5, 5.41) is 5.71. The zero-order valence-corrected chi connectivity index (χ0v) is 17.3. The molecule has 0 aliphatic carbocycles. The molecule has 6 nitrogen and oxygen atoms in total. The summed E-state index contributed by atoms with van der Waals surface area (Å²) >= 11 is 0. The van der Waals surface area contributed by atoms with E-state index in [1.807, 2.05) is 19.1 Å². The number of rotatable bonds is 4. The number of hydrogen-bond donors (Lipinski definition) is 2. The van der Waals surface area contributed by atoms with Gasteiger partial charge in [-0.3, -0.25) is 14.4 Å². The summed E-state index contributed by atoms with van der Waals surface area (Å²) in [6.45, 7) is 1.84. The van der Waals surface area contributed by atoms with Gasteiger partial charge in [-0.15, -0.1) is 0 Å². The molecule has 0 radical (unpaired) electrons. The molecule has 0 aromatic heterocycles. The first-order chi connectivity index (χ1) is 15.1. The summed E-state index contributed by atoms with van der Waals surface area (Å²) < 4.78 is 39.0. The molecule has 1 saturated heterocycles. The quantitative estimate of drug-likeness (QED) is 0.751. The number of carbonyl (C=O) groups is 3. The van der Waals surface area contributed by atoms with Crippen molar-refractivity contribution in [2.24, 2.45) is 5.92 Å². The second-order valence-corrected chi connectivity index (χ2v) is 8.15. The molecular weight excluding hydrogens is 423 g/mol. The van der Waals surface area contributed by atoms with Crippen LogP contribution in [0, 0.1) is 5.92 Å². The number of nitrogens with one attached hydrogen (secondary N) is 2. The van der Waals surface area contributed by atoms with Crippen molar-refractivity contribution < 1.29 is 27.6 Å². The standard InChI is InChI=1S/C23H22F3N3O3/c1-13(14-5-7-19-15(9-14)6-8-20(30)28-19)27-22(32)16-10-21(31)29(12-16)18-4-2-3-17(11-18)23(24,25)26/h2-5,7,9,11,13,16H,6,8,10,12H2,1H3,(H,27,32)(H,28,30). The lowest BCUT2D eigenvalue weighted by atomic mass is 9.97. The van der Waals surface area contributed by atoms with Gasteiger partial charge in [0.2, 0.25) is 17.7 Å². The number of alkyl halides is 3. The number of halogens is 3. The van der Waals surface area contributed by atoms with Gasteiger partial charge in [-0.25, -0.2) is 0 Å². The van der Waals surface area contributed by atoms with Crippen LogP contribution in [0.3, 0.4) is 0 Å². The maximum atomic E-state index is 13.0. The first-order valence-corrected chi connectivity index (χ1v) is 10.3. The van der Waals surface area contributed by atoms with Crippen molar-refractivity contribution in [3.63, 3.8) is 0 Å². The van der Waals surface area contributed by atoms with Crippen LogP contribution in [0.15, 0.2) is 42.5 Å². The van der Waals surface area contributed by atoms with E-state index in [1.54, 1.807) is 6.07 Å². The number of anilines is 2. The maximum absolute atomic E-state index is 13.0. The zero-order chi connectivity index (χ0) is 23.0. The first-order valence-electron chi connectivity index (χ1n) is 10.3. The lowest BCUT2D eigenvalue weighted by Crippen LogP contribution is -2.34. The summed E-state index contributed by atoms with van der Waals surface area (Å²) in [5.41, 5.74) is 1.92. The van der Waals surface area contributed by atoms with E-state index < -0.39 is 17.7 Å². The molecular formula is C23H22F3N3O3. The molecule has 1 fully saturated rings. The van der Waals surface area contributed by atoms with E-state index in [2.05, 4.69) is 10.6 Å². The molecule has 3 amide bonds. The smallest absolute Gasteiger partial charge is 0.349 e. The van der Waals surface area contributed by atoms with Gasteiger partial charge in [-0.1, -0.05) is 18.2 Å². The van der Waals surface area contributed by atoms with E-state index in [0.717, 1.165) is 28.9 Å². The average molecular weight is 445 g/mol. The largest absolute Gasteiger partial charge is 0.416 e. The second kappa shape index (κ2) is 8.29. The first kappa shape index (κ1) is 21.9. The molecule has 168 valence electrons. The highest BCUT2D eigenvalue weighted by Crippen LogP contribution is 2.34. The monoisotopic (exact) mass is 445 g/mol. The number of carbonyl (C=O) groups excluding carboxylic acids is 3. The van der Waals surface area contributed by atoms with Crippen LogP contribution in [0.25, 0.3) is 0 Å². The summed E-state index contributed by atoms with van der Waals surface area (Å²) in [4.78, 5) is 37.9. The predicted molar refractivity (Wildman–Crippen MR) is 112 cm³/mol. The Kier molecular flexibility index (Phi) is 5.66. The number of fused-ring (bicyclic) bond motifs is 1. The highest BCUT2D eigenvalue weighted by molar-refractivity contribution is 6.00. The van der Waals surface area contributed by atoms with Crippen molar-refractivity contribution in [3.8, 4) is 0 Å². The van der Waals surface area contributed by atoms with E-state index >= 15 is 0 Å². The minimum atomic E-state index is -4.51. The molecule has 0 saturated carbocycles. The van der Waals surface area contributed by atoms with Crippen molar-refractivity contribution in [2.45, 2.75) is 38.4 Å². The molecule has 2 aliphatic rings. The molecule has 2 atom stereocenters. The molecule has 2 unspecified atom stereocenters. The van der Waals surface area contributed by atoms with Gasteiger partial charge in [0.05, 0.1) is 17.5 Å². The SMILES string of the molecule is CC(NC(=O)C1CC(=O)N(c2cccc(C(F)(F)F)c2)C1)c1ccc2c(c1)CCC(=O)N2. The van der Waals surface area contributed by atoms with Crippen molar-refractivity contribution in [1.29, 1.82) is 0 Å². The molecule has 4 rings (SSSR count). The minimum Gasteiger partial charge on any atom is -0.349 e. The van der Waals surface area contributed by atoms with E-state index in [1.165, 1.54) is 17.0 Å². The lowest BCUT2D eigenvalue weighted by Gasteiger charge is -2.22. The number of amides is 3. The molecule has 2 aromatic rings. The fourth-order valence-electron chi connectivity index (χ4n) is 4.07. The van der Waals surface area contributed by atoms with Gasteiger partial charge in [-0.2, -0.15) is 13.2 Å². The van der Waals surface area contributed by atoms with Crippen molar-refractivity contribution >= 4 is 29.1 Å². The Hall–Kier alpha value is -3.36. The van der Waals surface area contributed by atoms with E-state index in [0.29, 0.717) is 12.8 Å². The minimum absolute atomic E-state index is 0.0227. The Morgan fingerprint density at radius 2 is 1.94 bits per heavy atom. The van der Waals surface area contributed by atoms with Crippen LogP contribution in [0.1, 0.15) is 42.5 Å². The third-order valence-corrected chi connectivity index (χ3v) is 5.86. The van der Waals surface area contributed by atoms with Crippen molar-refractivity contribution in [3.05, 3.63) is 59.2 Å². The zero-order valence-electron chi connectivity index (χ0n) is 17.3. The number of hydrogen-bond acceptors (Lipinski definition) is 3. The van der Waals surface area contributed by atoms with Crippen molar-refractivity contribution in [2.75, 3.05) is 16.8 Å². The second-order valence-electron chi connectivity index (χ2n) is 8.15. The molecule has 32 heavy (non-hydrogen) atoms. The normalized spacial score (nSPS) is 19.4. The summed E-state index contributed by atoms with van der Waals surface area (Å²) in [7, 11) is 0. The number of nitrogens with zero attached hydrogens (tertiary/aromatic N) is 1. The van der Waals surface area contributed by atoms with E-state index in [9.17, 15) is 27.6 Å². The van der Waals surface area contributed by atoms with Gasteiger partial charge in [0.15, 0.2) is 0 Å². The molecule has 2 aromatic carbocycles. The van der Waals surface area contributed by atoms with Crippen LogP contribution in [-0.4, -0.2) is 24.3 Å². The average Bonchev–Trinajstić information content (AvgIpc) is 3.14. The maximum Gasteiger partial charge on any atom is 0.416 e. The Bertz CT molecular complexity index is 1080. The van der Waals surface area contributed by atoms with Gasteiger partial charge in [0, 0.05) is 30.8 Å². The highest BCUT2D eigenvalue weighted by atomic mass is 19.4. The van der Waals surface area contributed by atoms with Gasteiger partial charge < -0.3 is 15.5 Å². The predicted octanol–water partition coefficient (Wildman–Crippen LogP) is 3.82. The van der Waals surface area contributed by atoms with Gasteiger partial charge in [0.1, 0.15) is 0 Å². The highest BCUT2D eigenvalue weighted by Gasteiger charge is 2.37. The molecule has 2 aliphatic heterocycles. The third-order valence-electron chi connectivity index (χ3n) is 5.86. The number of aryl methyl sites for hydroxylation is 1. The van der Waals surface area contributed by atoms with Crippen LogP contribution in [0.5, 0.6) is 0 Å². The summed E-state index contributed by atoms with van der Waals surface area (Å²) in [6, 6.07) is 9.79. The summed E-state index contributed by atoms with van der Waals surface area (Å²) in [6.07, 6.45) is -3.54. The Morgan fingerprint density at radius 1 is 1.16 bits per heavy atom. The Balaban J connectivity index is 1.42. The van der Waals surface area contributed by atoms with E-state index in [-0.39, 0.29) is 42.4 Å². The van der Waals surface area contributed by atoms with Crippen LogP contribution in [0.2, 0.25) is 0 Å². The molecule has 2 heterocycles. The van der Waals surface area contributed by atoms with Crippen LogP contribution in [0.4, 0.5) is 24.5 Å². The van der Waals surface area contributed by atoms with Gasteiger partial charge in [0.25, 0.3) is 0 Å². The molecule has 0 bridgehead atoms. The van der Waals surface area contributed by atoms with Crippen LogP contribution in [-0.2, 0) is 27.0 Å². The van der Waals surface area contributed by atoms with Crippen LogP contribution >= 0.6 is 0 Å². The van der Waals surface area contributed by atoms with Crippen LogP contribution < -0.4 is 15.5 Å². The summed E-state index contributed by atoms with van der Waals surface area (Å²) in [5.74, 6) is -1.40. The van der Waals surface area contributed by atoms with Crippen molar-refractivity contribution in [1.82, 2.24) is 5.32 Å². The molecule has 9 heteroatoms. The van der Waals surface area contributed by atoms with Gasteiger partial charge >= 0.3 is 6.18 Å². The third kappa shape index (κ3) is 4.46. The molecule has 2 N–H and O–H groups in total. The lowest BCUT2D eigenvalue weighted by molar-refractivity contribution is -0.137. The Morgan fingerprint density at radius 3 is 2.69 bits per heavy atom. The molecule has 0 spiro atoms. The Labute approximate surface area is 182 Å².